The van der Waals surface area contributed by atoms with Crippen LogP contribution < -0.4 is 10.6 Å². The van der Waals surface area contributed by atoms with Crippen molar-refractivity contribution < 1.29 is 4.79 Å². The second-order valence-corrected chi connectivity index (χ2v) is 8.22. The third-order valence-corrected chi connectivity index (χ3v) is 6.39. The Hall–Kier alpha value is -1.01. The summed E-state index contributed by atoms with van der Waals surface area (Å²) in [6.45, 7) is 3.95. The van der Waals surface area contributed by atoms with E-state index in [1.807, 2.05) is 28.7 Å². The van der Waals surface area contributed by atoms with Crippen LogP contribution in [0.3, 0.4) is 0 Å². The van der Waals surface area contributed by atoms with E-state index in [-0.39, 0.29) is 5.91 Å². The summed E-state index contributed by atoms with van der Waals surface area (Å²) in [5.41, 5.74) is -0.514. The van der Waals surface area contributed by atoms with Gasteiger partial charge in [0.05, 0.1) is 0 Å². The van der Waals surface area contributed by atoms with Crippen LogP contribution in [-0.2, 0) is 10.3 Å². The van der Waals surface area contributed by atoms with Crippen molar-refractivity contribution in [3.63, 3.8) is 0 Å². The maximum atomic E-state index is 13.1. The molecule has 1 aliphatic carbocycles. The number of amides is 1. The lowest BCUT2D eigenvalue weighted by Crippen LogP contribution is -2.57. The minimum atomic E-state index is -0.514. The van der Waals surface area contributed by atoms with Gasteiger partial charge in [-0.2, -0.15) is 16.9 Å². The molecule has 2 atom stereocenters. The summed E-state index contributed by atoms with van der Waals surface area (Å²) < 4.78 is 1.88. The topological polar surface area (TPSA) is 59.0 Å². The van der Waals surface area contributed by atoms with Gasteiger partial charge in [-0.25, -0.2) is 0 Å². The fraction of sp³-hybridized carbons (Fsp3) is 0.765. The average molecular weight is 337 g/mol. The number of hydrogen-bond acceptors (Lipinski definition) is 4. The lowest BCUT2D eigenvalue weighted by Gasteiger charge is -2.38. The molecule has 1 aromatic heterocycles. The molecule has 3 rings (SSSR count). The first-order valence-corrected chi connectivity index (χ1v) is 9.93. The first-order chi connectivity index (χ1) is 11.2. The van der Waals surface area contributed by atoms with Crippen LogP contribution in [0.25, 0.3) is 0 Å². The zero-order chi connectivity index (χ0) is 16.1. The predicted octanol–water partition coefficient (Wildman–Crippen LogP) is 2.14. The van der Waals surface area contributed by atoms with E-state index < -0.39 is 5.54 Å². The molecule has 5 nitrogen and oxygen atoms in total. The normalized spacial score (nSPS) is 27.5. The van der Waals surface area contributed by atoms with Crippen LogP contribution in [0, 0.1) is 0 Å². The van der Waals surface area contributed by atoms with Gasteiger partial charge in [-0.05, 0) is 57.0 Å². The van der Waals surface area contributed by atoms with E-state index in [9.17, 15) is 4.79 Å². The van der Waals surface area contributed by atoms with Crippen molar-refractivity contribution in [2.24, 2.45) is 0 Å². The Labute approximate surface area is 143 Å². The molecule has 128 valence electrons. The summed E-state index contributed by atoms with van der Waals surface area (Å²) in [6, 6.07) is 2.23. The molecule has 0 radical (unpaired) electrons. The third-order valence-electron chi connectivity index (χ3n) is 5.16. The average Bonchev–Trinajstić information content (AvgIpc) is 3.11. The highest BCUT2D eigenvalue weighted by Gasteiger charge is 2.42. The number of aromatic nitrogens is 2. The molecule has 2 fully saturated rings. The summed E-state index contributed by atoms with van der Waals surface area (Å²) in [5, 5.41) is 11.8. The van der Waals surface area contributed by atoms with Crippen molar-refractivity contribution in [1.29, 1.82) is 0 Å². The van der Waals surface area contributed by atoms with Gasteiger partial charge in [0.25, 0.3) is 0 Å². The van der Waals surface area contributed by atoms with Crippen LogP contribution in [-0.4, -0.2) is 45.8 Å². The molecule has 0 aromatic carbocycles. The number of nitrogens with one attached hydrogen (secondary N) is 2. The van der Waals surface area contributed by atoms with Crippen molar-refractivity contribution in [3.05, 3.63) is 18.5 Å². The SMILES string of the molecule is CCSC1CCCC(NC(=O)C2(n3cccn3)CCNCC2)C1. The monoisotopic (exact) mass is 336 g/mol. The Bertz CT molecular complexity index is 497. The fourth-order valence-electron chi connectivity index (χ4n) is 3.91. The highest BCUT2D eigenvalue weighted by Crippen LogP contribution is 2.31. The lowest BCUT2D eigenvalue weighted by molar-refractivity contribution is -0.133. The van der Waals surface area contributed by atoms with E-state index in [0.29, 0.717) is 11.3 Å². The quantitative estimate of drug-likeness (QED) is 0.865. The predicted molar refractivity (Wildman–Crippen MR) is 94.6 cm³/mol. The van der Waals surface area contributed by atoms with Gasteiger partial charge in [0.15, 0.2) is 0 Å². The minimum absolute atomic E-state index is 0.162. The van der Waals surface area contributed by atoms with Crippen LogP contribution in [0.15, 0.2) is 18.5 Å². The Kier molecular flexibility index (Phi) is 5.64. The van der Waals surface area contributed by atoms with Crippen LogP contribution in [0.1, 0.15) is 45.4 Å². The molecule has 1 aromatic rings. The largest absolute Gasteiger partial charge is 0.351 e. The van der Waals surface area contributed by atoms with Gasteiger partial charge in [0, 0.05) is 23.7 Å². The molecule has 1 saturated carbocycles. The highest BCUT2D eigenvalue weighted by atomic mass is 32.2. The summed E-state index contributed by atoms with van der Waals surface area (Å²) in [6.07, 6.45) is 10.0. The standard InChI is InChI=1S/C17H28N4OS/c1-2-23-15-6-3-5-14(13-15)20-16(22)17(7-10-18-11-8-17)21-12-4-9-19-21/h4,9,12,14-15,18H,2-3,5-8,10-11,13H2,1H3,(H,20,22). The zero-order valence-corrected chi connectivity index (χ0v) is 14.8. The number of nitrogens with zero attached hydrogens (tertiary/aromatic N) is 2. The highest BCUT2D eigenvalue weighted by molar-refractivity contribution is 7.99. The van der Waals surface area contributed by atoms with Gasteiger partial charge in [-0.3, -0.25) is 9.48 Å². The Morgan fingerprint density at radius 1 is 1.43 bits per heavy atom. The maximum absolute atomic E-state index is 13.1. The van der Waals surface area contributed by atoms with Gasteiger partial charge in [-0.1, -0.05) is 13.3 Å². The van der Waals surface area contributed by atoms with Gasteiger partial charge in [-0.15, -0.1) is 0 Å². The molecule has 2 heterocycles. The molecular formula is C17H28N4OS. The summed E-state index contributed by atoms with van der Waals surface area (Å²) in [4.78, 5) is 13.1. The molecule has 1 aliphatic heterocycles. The van der Waals surface area contributed by atoms with E-state index in [1.165, 1.54) is 12.8 Å². The van der Waals surface area contributed by atoms with Crippen LogP contribution >= 0.6 is 11.8 Å². The smallest absolute Gasteiger partial charge is 0.248 e. The molecule has 1 amide bonds. The molecule has 6 heteroatoms. The van der Waals surface area contributed by atoms with Gasteiger partial charge in [0.1, 0.15) is 5.54 Å². The number of hydrogen-bond donors (Lipinski definition) is 2. The molecule has 2 aliphatic rings. The second-order valence-electron chi connectivity index (χ2n) is 6.65. The number of carbonyl (C=O) groups excluding carboxylic acids is 1. The molecular weight excluding hydrogens is 308 g/mol. The van der Waals surface area contributed by atoms with Crippen LogP contribution in [0.2, 0.25) is 0 Å². The second kappa shape index (κ2) is 7.71. The summed E-state index contributed by atoms with van der Waals surface area (Å²) >= 11 is 2.04. The van der Waals surface area contributed by atoms with Gasteiger partial charge in [0.2, 0.25) is 5.91 Å². The molecule has 0 spiro atoms. The zero-order valence-electron chi connectivity index (χ0n) is 14.0. The maximum Gasteiger partial charge on any atom is 0.248 e. The molecule has 1 saturated heterocycles. The number of piperidine rings is 1. The first-order valence-electron chi connectivity index (χ1n) is 8.88. The number of rotatable bonds is 5. The summed E-state index contributed by atoms with van der Waals surface area (Å²) in [5.74, 6) is 1.32. The first kappa shape index (κ1) is 16.8. The molecule has 0 bridgehead atoms. The van der Waals surface area contributed by atoms with Crippen molar-refractivity contribution in [3.8, 4) is 0 Å². The summed E-state index contributed by atoms with van der Waals surface area (Å²) in [7, 11) is 0. The van der Waals surface area contributed by atoms with Crippen LogP contribution in [0.5, 0.6) is 0 Å². The van der Waals surface area contributed by atoms with Crippen molar-refractivity contribution in [2.45, 2.75) is 62.3 Å². The van der Waals surface area contributed by atoms with E-state index in [4.69, 9.17) is 0 Å². The number of thioether (sulfide) groups is 1. The van der Waals surface area contributed by atoms with Crippen molar-refractivity contribution in [2.75, 3.05) is 18.8 Å². The van der Waals surface area contributed by atoms with E-state index in [2.05, 4.69) is 22.7 Å². The Morgan fingerprint density at radius 3 is 2.96 bits per heavy atom. The molecule has 2 N–H and O–H groups in total. The minimum Gasteiger partial charge on any atom is -0.351 e. The van der Waals surface area contributed by atoms with E-state index in [0.717, 1.165) is 44.5 Å². The lowest BCUT2D eigenvalue weighted by atomic mass is 9.86. The van der Waals surface area contributed by atoms with E-state index in [1.54, 1.807) is 6.20 Å². The van der Waals surface area contributed by atoms with Crippen LogP contribution in [0.4, 0.5) is 0 Å². The molecule has 23 heavy (non-hydrogen) atoms. The van der Waals surface area contributed by atoms with Gasteiger partial charge < -0.3 is 10.6 Å². The Morgan fingerprint density at radius 2 is 2.26 bits per heavy atom. The van der Waals surface area contributed by atoms with E-state index >= 15 is 0 Å². The molecule has 2 unspecified atom stereocenters. The van der Waals surface area contributed by atoms with Gasteiger partial charge >= 0.3 is 0 Å². The van der Waals surface area contributed by atoms with Crippen molar-refractivity contribution >= 4 is 17.7 Å². The fourth-order valence-corrected chi connectivity index (χ4v) is 5.08. The third kappa shape index (κ3) is 3.74. The number of carbonyl (C=O) groups is 1. The Balaban J connectivity index is 1.69. The van der Waals surface area contributed by atoms with Crippen molar-refractivity contribution in [1.82, 2.24) is 20.4 Å².